The molecular weight excluding hydrogens is 347 g/mol. The number of hydrogen-bond acceptors (Lipinski definition) is 4. The minimum atomic E-state index is -4.49. The Morgan fingerprint density at radius 1 is 1.12 bits per heavy atom. The lowest BCUT2D eigenvalue weighted by Gasteiger charge is -2.17. The summed E-state index contributed by atoms with van der Waals surface area (Å²) in [6.45, 7) is 0. The lowest BCUT2D eigenvalue weighted by Crippen LogP contribution is -2.28. The summed E-state index contributed by atoms with van der Waals surface area (Å²) in [4.78, 5) is 12.7. The number of carbonyl (C=O) groups excluding carboxylic acids is 1. The molecule has 0 saturated heterocycles. The first kappa shape index (κ1) is 17.6. The van der Waals surface area contributed by atoms with Crippen LogP contribution in [-0.2, 0) is 17.4 Å². The standard InChI is InChI=1S/C17H14F3N5O/c18-17(19,20)13-7-4-8-14(10-13)22-16(26)15(25-11-21-23-24-25)9-12-5-2-1-3-6-12/h1-8,10-11,15H,9H2,(H,22,26). The van der Waals surface area contributed by atoms with E-state index >= 15 is 0 Å². The Morgan fingerprint density at radius 3 is 2.54 bits per heavy atom. The van der Waals surface area contributed by atoms with E-state index < -0.39 is 23.7 Å². The predicted octanol–water partition coefficient (Wildman–Crippen LogP) is 3.11. The first-order valence-electron chi connectivity index (χ1n) is 7.68. The molecule has 6 nitrogen and oxygen atoms in total. The van der Waals surface area contributed by atoms with Crippen molar-refractivity contribution in [3.63, 3.8) is 0 Å². The molecule has 2 aromatic carbocycles. The highest BCUT2D eigenvalue weighted by molar-refractivity contribution is 5.93. The number of rotatable bonds is 5. The van der Waals surface area contributed by atoms with Crippen molar-refractivity contribution in [1.29, 1.82) is 0 Å². The molecule has 1 aromatic heterocycles. The van der Waals surface area contributed by atoms with Crippen molar-refractivity contribution in [2.24, 2.45) is 0 Å². The van der Waals surface area contributed by atoms with Gasteiger partial charge < -0.3 is 5.32 Å². The number of aromatic nitrogens is 4. The van der Waals surface area contributed by atoms with Crippen molar-refractivity contribution in [2.45, 2.75) is 18.6 Å². The van der Waals surface area contributed by atoms with Gasteiger partial charge in [-0.15, -0.1) is 5.10 Å². The third-order valence-electron chi connectivity index (χ3n) is 3.72. The van der Waals surface area contributed by atoms with Gasteiger partial charge in [-0.2, -0.15) is 13.2 Å². The third kappa shape index (κ3) is 4.24. The second-order valence-corrected chi connectivity index (χ2v) is 5.56. The second-order valence-electron chi connectivity index (χ2n) is 5.56. The topological polar surface area (TPSA) is 72.7 Å². The number of alkyl halides is 3. The molecule has 0 saturated carbocycles. The van der Waals surface area contributed by atoms with Gasteiger partial charge >= 0.3 is 6.18 Å². The number of hydrogen-bond donors (Lipinski definition) is 1. The highest BCUT2D eigenvalue weighted by Crippen LogP contribution is 2.30. The molecule has 0 aliphatic rings. The molecule has 1 heterocycles. The molecule has 3 aromatic rings. The summed E-state index contributed by atoms with van der Waals surface area (Å²) in [5.74, 6) is -0.513. The second kappa shape index (κ2) is 7.34. The van der Waals surface area contributed by atoms with Gasteiger partial charge in [0.25, 0.3) is 0 Å². The molecule has 0 aliphatic heterocycles. The molecule has 1 amide bonds. The zero-order chi connectivity index (χ0) is 18.6. The minimum Gasteiger partial charge on any atom is -0.324 e. The SMILES string of the molecule is O=C(Nc1cccc(C(F)(F)F)c1)C(Cc1ccccc1)n1cnnn1. The monoisotopic (exact) mass is 361 g/mol. The molecule has 0 radical (unpaired) electrons. The fraction of sp³-hybridized carbons (Fsp3) is 0.176. The Balaban J connectivity index is 1.82. The van der Waals surface area contributed by atoms with Crippen LogP contribution in [-0.4, -0.2) is 26.1 Å². The zero-order valence-electron chi connectivity index (χ0n) is 13.4. The quantitative estimate of drug-likeness (QED) is 0.758. The third-order valence-corrected chi connectivity index (χ3v) is 3.72. The van der Waals surface area contributed by atoms with E-state index in [0.717, 1.165) is 17.7 Å². The van der Waals surface area contributed by atoms with E-state index in [9.17, 15) is 18.0 Å². The van der Waals surface area contributed by atoms with E-state index in [1.165, 1.54) is 23.1 Å². The number of nitrogens with zero attached hydrogens (tertiary/aromatic N) is 4. The molecule has 0 bridgehead atoms. The zero-order valence-corrected chi connectivity index (χ0v) is 13.4. The maximum absolute atomic E-state index is 12.8. The van der Waals surface area contributed by atoms with Crippen LogP contribution in [0.2, 0.25) is 0 Å². The van der Waals surface area contributed by atoms with Gasteiger partial charge in [-0.3, -0.25) is 4.79 Å². The minimum absolute atomic E-state index is 0.0518. The van der Waals surface area contributed by atoms with Crippen molar-refractivity contribution in [2.75, 3.05) is 5.32 Å². The summed E-state index contributed by atoms with van der Waals surface area (Å²) < 4.78 is 39.8. The normalized spacial score (nSPS) is 12.6. The van der Waals surface area contributed by atoms with Gasteiger partial charge in [-0.1, -0.05) is 36.4 Å². The maximum atomic E-state index is 12.8. The van der Waals surface area contributed by atoms with Gasteiger partial charge in [-0.05, 0) is 34.2 Å². The van der Waals surface area contributed by atoms with Crippen molar-refractivity contribution in [3.05, 3.63) is 72.1 Å². The van der Waals surface area contributed by atoms with Crippen LogP contribution in [0.3, 0.4) is 0 Å². The molecule has 0 spiro atoms. The van der Waals surface area contributed by atoms with Gasteiger partial charge in [0.2, 0.25) is 5.91 Å². The van der Waals surface area contributed by atoms with Crippen LogP contribution in [0.4, 0.5) is 18.9 Å². The number of benzene rings is 2. The number of amides is 1. The van der Waals surface area contributed by atoms with E-state index in [-0.39, 0.29) is 12.1 Å². The molecule has 3 rings (SSSR count). The Kier molecular flexibility index (Phi) is 4.97. The van der Waals surface area contributed by atoms with Crippen molar-refractivity contribution in [1.82, 2.24) is 20.2 Å². The number of anilines is 1. The smallest absolute Gasteiger partial charge is 0.324 e. The molecule has 1 unspecified atom stereocenters. The number of nitrogens with one attached hydrogen (secondary N) is 1. The lowest BCUT2D eigenvalue weighted by atomic mass is 10.1. The molecule has 0 fully saturated rings. The molecule has 26 heavy (non-hydrogen) atoms. The summed E-state index contributed by atoms with van der Waals surface area (Å²) >= 11 is 0. The maximum Gasteiger partial charge on any atom is 0.416 e. The molecule has 9 heteroatoms. The molecule has 134 valence electrons. The van der Waals surface area contributed by atoms with Crippen LogP contribution < -0.4 is 5.32 Å². The highest BCUT2D eigenvalue weighted by Gasteiger charge is 2.31. The van der Waals surface area contributed by atoms with Crippen LogP contribution in [0.25, 0.3) is 0 Å². The number of carbonyl (C=O) groups is 1. The first-order chi connectivity index (χ1) is 12.4. The van der Waals surface area contributed by atoms with Crippen LogP contribution >= 0.6 is 0 Å². The summed E-state index contributed by atoms with van der Waals surface area (Å²) in [5, 5.41) is 13.3. The van der Waals surface area contributed by atoms with Gasteiger partial charge in [0.15, 0.2) is 0 Å². The number of halogens is 3. The largest absolute Gasteiger partial charge is 0.416 e. The molecule has 0 aliphatic carbocycles. The van der Waals surface area contributed by atoms with Crippen molar-refractivity contribution >= 4 is 11.6 Å². The van der Waals surface area contributed by atoms with Gasteiger partial charge in [0.1, 0.15) is 12.4 Å². The fourth-order valence-corrected chi connectivity index (χ4v) is 2.45. The van der Waals surface area contributed by atoms with Crippen LogP contribution in [0.5, 0.6) is 0 Å². The van der Waals surface area contributed by atoms with Gasteiger partial charge in [0, 0.05) is 12.1 Å². The van der Waals surface area contributed by atoms with Crippen LogP contribution in [0.1, 0.15) is 17.2 Å². The Bertz CT molecular complexity index is 866. The highest BCUT2D eigenvalue weighted by atomic mass is 19.4. The Hall–Kier alpha value is -3.23. The summed E-state index contributed by atoms with van der Waals surface area (Å²) in [6.07, 6.45) is -2.91. The van der Waals surface area contributed by atoms with E-state index in [0.29, 0.717) is 0 Å². The fourth-order valence-electron chi connectivity index (χ4n) is 2.45. The molecule has 1 N–H and O–H groups in total. The Labute approximate surface area is 146 Å². The van der Waals surface area contributed by atoms with Crippen molar-refractivity contribution in [3.8, 4) is 0 Å². The lowest BCUT2D eigenvalue weighted by molar-refractivity contribution is -0.137. The van der Waals surface area contributed by atoms with Crippen molar-refractivity contribution < 1.29 is 18.0 Å². The van der Waals surface area contributed by atoms with E-state index in [1.807, 2.05) is 30.3 Å². The van der Waals surface area contributed by atoms with Gasteiger partial charge in [0.05, 0.1) is 5.56 Å². The van der Waals surface area contributed by atoms with E-state index in [1.54, 1.807) is 0 Å². The summed E-state index contributed by atoms with van der Waals surface area (Å²) in [7, 11) is 0. The number of tetrazole rings is 1. The predicted molar refractivity (Wildman–Crippen MR) is 87.1 cm³/mol. The van der Waals surface area contributed by atoms with Crippen LogP contribution in [0.15, 0.2) is 60.9 Å². The summed E-state index contributed by atoms with van der Waals surface area (Å²) in [5.41, 5.74) is 0.0838. The van der Waals surface area contributed by atoms with E-state index in [2.05, 4.69) is 20.8 Å². The molecular formula is C17H14F3N5O. The first-order valence-corrected chi connectivity index (χ1v) is 7.68. The summed E-state index contributed by atoms with van der Waals surface area (Å²) in [6, 6.07) is 12.8. The average Bonchev–Trinajstić information content (AvgIpc) is 3.14. The molecule has 1 atom stereocenters. The van der Waals surface area contributed by atoms with Gasteiger partial charge in [-0.25, -0.2) is 4.68 Å². The van der Waals surface area contributed by atoms with E-state index in [4.69, 9.17) is 0 Å². The van der Waals surface area contributed by atoms with Crippen LogP contribution in [0, 0.1) is 0 Å². The Morgan fingerprint density at radius 2 is 1.88 bits per heavy atom. The average molecular weight is 361 g/mol.